The molecule has 1 aromatic carbocycles. The molecule has 2 nitrogen and oxygen atoms in total. The first kappa shape index (κ1) is 15.3. The summed E-state index contributed by atoms with van der Waals surface area (Å²) in [6.45, 7) is 3.45. The van der Waals surface area contributed by atoms with Crippen molar-refractivity contribution in [2.24, 2.45) is 5.92 Å². The lowest BCUT2D eigenvalue weighted by atomic mass is 9.79. The molecule has 0 amide bonds. The highest BCUT2D eigenvalue weighted by Gasteiger charge is 2.33. The van der Waals surface area contributed by atoms with Gasteiger partial charge in [0.2, 0.25) is 0 Å². The standard InChI is InChI=1S/C18H27ClN2/c1-13(14-7-2-4-9-16(14)19)21-18-10-5-3-8-15(18)17-11-6-12-20-17/h2,4,7,9,13,15,17-18,20-21H,3,5-6,8,10-12H2,1H3/t13-,15?,17?,18?/m1/s1. The van der Waals surface area contributed by atoms with Crippen LogP contribution < -0.4 is 10.6 Å². The van der Waals surface area contributed by atoms with Gasteiger partial charge in [-0.15, -0.1) is 0 Å². The Morgan fingerprint density at radius 1 is 1.14 bits per heavy atom. The maximum absolute atomic E-state index is 6.35. The van der Waals surface area contributed by atoms with E-state index in [2.05, 4.69) is 29.7 Å². The molecule has 3 rings (SSSR count). The van der Waals surface area contributed by atoms with E-state index in [0.717, 1.165) is 17.0 Å². The maximum Gasteiger partial charge on any atom is 0.0453 e. The van der Waals surface area contributed by atoms with Crippen LogP contribution in [0.5, 0.6) is 0 Å². The SMILES string of the molecule is C[C@@H](NC1CCCCC1C1CCCN1)c1ccccc1Cl. The Morgan fingerprint density at radius 2 is 1.95 bits per heavy atom. The van der Waals surface area contributed by atoms with E-state index in [1.165, 1.54) is 50.6 Å². The highest BCUT2D eigenvalue weighted by atomic mass is 35.5. The number of nitrogens with one attached hydrogen (secondary N) is 2. The van der Waals surface area contributed by atoms with Crippen LogP contribution in [-0.4, -0.2) is 18.6 Å². The third kappa shape index (κ3) is 3.61. The van der Waals surface area contributed by atoms with Crippen LogP contribution in [0.15, 0.2) is 24.3 Å². The molecular weight excluding hydrogens is 280 g/mol. The molecule has 3 heteroatoms. The van der Waals surface area contributed by atoms with E-state index in [9.17, 15) is 0 Å². The number of benzene rings is 1. The van der Waals surface area contributed by atoms with E-state index >= 15 is 0 Å². The van der Waals surface area contributed by atoms with Crippen molar-refractivity contribution in [1.82, 2.24) is 10.6 Å². The molecule has 0 radical (unpaired) electrons. The largest absolute Gasteiger partial charge is 0.314 e. The summed E-state index contributed by atoms with van der Waals surface area (Å²) in [6, 6.07) is 9.89. The Hall–Kier alpha value is -0.570. The zero-order valence-electron chi connectivity index (χ0n) is 12.9. The van der Waals surface area contributed by atoms with Crippen molar-refractivity contribution >= 4 is 11.6 Å². The van der Waals surface area contributed by atoms with Gasteiger partial charge in [0.05, 0.1) is 0 Å². The Morgan fingerprint density at radius 3 is 2.71 bits per heavy atom. The summed E-state index contributed by atoms with van der Waals surface area (Å²) in [5, 5.41) is 8.47. The molecule has 0 spiro atoms. The molecule has 1 heterocycles. The topological polar surface area (TPSA) is 24.1 Å². The van der Waals surface area contributed by atoms with Crippen molar-refractivity contribution in [3.05, 3.63) is 34.9 Å². The first-order valence-corrected chi connectivity index (χ1v) is 8.87. The molecule has 116 valence electrons. The summed E-state index contributed by atoms with van der Waals surface area (Å²) in [4.78, 5) is 0. The van der Waals surface area contributed by atoms with Crippen molar-refractivity contribution in [3.8, 4) is 0 Å². The first-order valence-electron chi connectivity index (χ1n) is 8.49. The van der Waals surface area contributed by atoms with Crippen molar-refractivity contribution < 1.29 is 0 Å². The average molecular weight is 307 g/mol. The predicted octanol–water partition coefficient (Wildman–Crippen LogP) is 4.30. The van der Waals surface area contributed by atoms with Gasteiger partial charge in [-0.2, -0.15) is 0 Å². The normalized spacial score (nSPS) is 31.2. The average Bonchev–Trinajstić information content (AvgIpc) is 3.02. The third-order valence-corrected chi connectivity index (χ3v) is 5.61. The van der Waals surface area contributed by atoms with Crippen LogP contribution in [0.3, 0.4) is 0 Å². The summed E-state index contributed by atoms with van der Waals surface area (Å²) in [6.07, 6.45) is 8.11. The van der Waals surface area contributed by atoms with Crippen LogP contribution in [0.25, 0.3) is 0 Å². The van der Waals surface area contributed by atoms with Crippen LogP contribution in [0.2, 0.25) is 5.02 Å². The van der Waals surface area contributed by atoms with Crippen molar-refractivity contribution in [2.75, 3.05) is 6.54 Å². The van der Waals surface area contributed by atoms with Gasteiger partial charge in [0.15, 0.2) is 0 Å². The van der Waals surface area contributed by atoms with E-state index < -0.39 is 0 Å². The van der Waals surface area contributed by atoms with Gasteiger partial charge < -0.3 is 10.6 Å². The number of hydrogen-bond donors (Lipinski definition) is 2. The molecule has 0 aromatic heterocycles. The highest BCUT2D eigenvalue weighted by molar-refractivity contribution is 6.31. The highest BCUT2D eigenvalue weighted by Crippen LogP contribution is 2.33. The Bertz CT molecular complexity index is 456. The zero-order chi connectivity index (χ0) is 14.7. The summed E-state index contributed by atoms with van der Waals surface area (Å²) in [5.41, 5.74) is 1.22. The molecule has 2 aliphatic rings. The van der Waals surface area contributed by atoms with E-state index in [-0.39, 0.29) is 0 Å². The number of hydrogen-bond acceptors (Lipinski definition) is 2. The zero-order valence-corrected chi connectivity index (χ0v) is 13.7. The second-order valence-corrected chi connectivity index (χ2v) is 7.07. The molecule has 0 bridgehead atoms. The van der Waals surface area contributed by atoms with Gasteiger partial charge in [-0.3, -0.25) is 0 Å². The van der Waals surface area contributed by atoms with Crippen LogP contribution >= 0.6 is 11.6 Å². The summed E-state index contributed by atoms with van der Waals surface area (Å²) < 4.78 is 0. The summed E-state index contributed by atoms with van der Waals surface area (Å²) in [5.74, 6) is 0.784. The van der Waals surface area contributed by atoms with Gasteiger partial charge in [-0.1, -0.05) is 42.6 Å². The molecule has 1 aliphatic carbocycles. The molecule has 1 aliphatic heterocycles. The monoisotopic (exact) mass is 306 g/mol. The number of halogens is 1. The Labute approximate surface area is 133 Å². The van der Waals surface area contributed by atoms with Gasteiger partial charge >= 0.3 is 0 Å². The summed E-state index contributed by atoms with van der Waals surface area (Å²) >= 11 is 6.35. The number of rotatable bonds is 4. The van der Waals surface area contributed by atoms with Gasteiger partial charge in [0.25, 0.3) is 0 Å². The molecule has 1 saturated carbocycles. The smallest absolute Gasteiger partial charge is 0.0453 e. The minimum Gasteiger partial charge on any atom is -0.314 e. The fourth-order valence-electron chi connectivity index (χ4n) is 4.16. The molecule has 3 unspecified atom stereocenters. The van der Waals surface area contributed by atoms with Crippen LogP contribution in [0, 0.1) is 5.92 Å². The lowest BCUT2D eigenvalue weighted by Crippen LogP contribution is -2.47. The van der Waals surface area contributed by atoms with Crippen molar-refractivity contribution in [2.45, 2.75) is 63.6 Å². The third-order valence-electron chi connectivity index (χ3n) is 5.27. The lowest BCUT2D eigenvalue weighted by molar-refractivity contribution is 0.203. The molecule has 1 aromatic rings. The quantitative estimate of drug-likeness (QED) is 0.866. The van der Waals surface area contributed by atoms with Gasteiger partial charge in [-0.05, 0) is 56.7 Å². The molecule has 21 heavy (non-hydrogen) atoms. The molecule has 4 atom stereocenters. The van der Waals surface area contributed by atoms with E-state index in [1.807, 2.05) is 12.1 Å². The van der Waals surface area contributed by atoms with Crippen LogP contribution in [0.4, 0.5) is 0 Å². The maximum atomic E-state index is 6.35. The van der Waals surface area contributed by atoms with Gasteiger partial charge in [0.1, 0.15) is 0 Å². The van der Waals surface area contributed by atoms with Crippen molar-refractivity contribution in [3.63, 3.8) is 0 Å². The van der Waals surface area contributed by atoms with Crippen molar-refractivity contribution in [1.29, 1.82) is 0 Å². The fraction of sp³-hybridized carbons (Fsp3) is 0.667. The molecule has 1 saturated heterocycles. The molecular formula is C18H27ClN2. The summed E-state index contributed by atoms with van der Waals surface area (Å²) in [7, 11) is 0. The first-order chi connectivity index (χ1) is 10.3. The van der Waals surface area contributed by atoms with Crippen LogP contribution in [0.1, 0.15) is 57.1 Å². The van der Waals surface area contributed by atoms with E-state index in [1.54, 1.807) is 0 Å². The van der Waals surface area contributed by atoms with Gasteiger partial charge in [-0.25, -0.2) is 0 Å². The minimum absolute atomic E-state index is 0.325. The van der Waals surface area contributed by atoms with Crippen LogP contribution in [-0.2, 0) is 0 Å². The predicted molar refractivity (Wildman–Crippen MR) is 89.8 cm³/mol. The fourth-order valence-corrected chi connectivity index (χ4v) is 4.46. The minimum atomic E-state index is 0.325. The lowest BCUT2D eigenvalue weighted by Gasteiger charge is -2.38. The van der Waals surface area contributed by atoms with E-state index in [4.69, 9.17) is 11.6 Å². The second kappa shape index (κ2) is 7.13. The second-order valence-electron chi connectivity index (χ2n) is 6.67. The Kier molecular flexibility index (Phi) is 5.20. The Balaban J connectivity index is 1.68. The molecule has 2 fully saturated rings. The van der Waals surface area contributed by atoms with E-state index in [0.29, 0.717) is 12.1 Å². The van der Waals surface area contributed by atoms with Gasteiger partial charge in [0, 0.05) is 23.1 Å². The molecule has 2 N–H and O–H groups in total.